The van der Waals surface area contributed by atoms with Crippen LogP contribution in [0.1, 0.15) is 25.3 Å². The monoisotopic (exact) mass is 385 g/mol. The summed E-state index contributed by atoms with van der Waals surface area (Å²) in [5, 5.41) is 2.45. The molecule has 4 nitrogen and oxygen atoms in total. The second-order valence-corrected chi connectivity index (χ2v) is 8.51. The summed E-state index contributed by atoms with van der Waals surface area (Å²) >= 11 is 0. The fraction of sp³-hybridized carbons (Fsp3) is 0.360. The number of hydrogen-bond acceptors (Lipinski definition) is 2. The Morgan fingerprint density at radius 2 is 1.14 bits per heavy atom. The van der Waals surface area contributed by atoms with Crippen molar-refractivity contribution in [2.75, 3.05) is 37.0 Å². The molecule has 2 aromatic heterocycles. The summed E-state index contributed by atoms with van der Waals surface area (Å²) in [5.74, 6) is 2.45. The molecule has 0 atom stereocenters. The Bertz CT molecular complexity index is 1170. The van der Waals surface area contributed by atoms with Crippen LogP contribution in [0.5, 0.6) is 0 Å². The molecule has 4 aromatic rings. The molecule has 0 aliphatic carbocycles. The molecule has 0 N–H and O–H groups in total. The van der Waals surface area contributed by atoms with Gasteiger partial charge in [0.2, 0.25) is 0 Å². The molecule has 0 unspecified atom stereocenters. The van der Waals surface area contributed by atoms with E-state index in [4.69, 9.17) is 0 Å². The van der Waals surface area contributed by atoms with Crippen molar-refractivity contribution < 1.29 is 1.37 Å². The first kappa shape index (κ1) is 16.0. The number of aromatic nitrogens is 2. The SMILES string of the molecule is [2H]C(c1c2n(c3ccccc13)CCCN2C)c1c2n(c3ccccc13)CCCN2C. The Morgan fingerprint density at radius 1 is 0.690 bits per heavy atom. The van der Waals surface area contributed by atoms with E-state index in [1.165, 1.54) is 33.4 Å². The second kappa shape index (κ2) is 6.31. The van der Waals surface area contributed by atoms with Crippen LogP contribution in [0, 0.1) is 0 Å². The number of para-hydroxylation sites is 2. The Kier molecular flexibility index (Phi) is 3.48. The van der Waals surface area contributed by atoms with E-state index in [9.17, 15) is 1.37 Å². The number of benzene rings is 2. The van der Waals surface area contributed by atoms with Gasteiger partial charge in [-0.25, -0.2) is 0 Å². The quantitative estimate of drug-likeness (QED) is 0.490. The van der Waals surface area contributed by atoms with Crippen molar-refractivity contribution in [3.05, 3.63) is 59.7 Å². The molecule has 0 saturated carbocycles. The first-order valence-electron chi connectivity index (χ1n) is 11.3. The van der Waals surface area contributed by atoms with E-state index in [1.54, 1.807) is 0 Å². The highest BCUT2D eigenvalue weighted by molar-refractivity contribution is 5.95. The van der Waals surface area contributed by atoms with Crippen molar-refractivity contribution in [1.82, 2.24) is 9.13 Å². The summed E-state index contributed by atoms with van der Waals surface area (Å²) in [6.07, 6.45) is 1.88. The topological polar surface area (TPSA) is 16.3 Å². The Labute approximate surface area is 173 Å². The maximum atomic E-state index is 9.63. The highest BCUT2D eigenvalue weighted by Crippen LogP contribution is 2.41. The molecule has 4 heteroatoms. The minimum absolute atomic E-state index is 0.423. The van der Waals surface area contributed by atoms with Gasteiger partial charge in [0.1, 0.15) is 11.6 Å². The average molecular weight is 386 g/mol. The molecule has 29 heavy (non-hydrogen) atoms. The minimum atomic E-state index is -0.423. The van der Waals surface area contributed by atoms with Crippen molar-refractivity contribution in [2.45, 2.75) is 32.3 Å². The van der Waals surface area contributed by atoms with Gasteiger partial charge in [0.15, 0.2) is 0 Å². The number of aryl methyl sites for hydroxylation is 2. The lowest BCUT2D eigenvalue weighted by Crippen LogP contribution is -2.29. The van der Waals surface area contributed by atoms with Crippen LogP contribution < -0.4 is 9.80 Å². The molecule has 2 aromatic carbocycles. The molecule has 2 aliphatic heterocycles. The van der Waals surface area contributed by atoms with Crippen molar-refractivity contribution in [1.29, 1.82) is 0 Å². The molecule has 6 rings (SSSR count). The summed E-state index contributed by atoms with van der Waals surface area (Å²) < 4.78 is 14.5. The first-order chi connectivity index (χ1) is 14.7. The fourth-order valence-corrected chi connectivity index (χ4v) is 5.48. The third-order valence-electron chi connectivity index (χ3n) is 6.73. The summed E-state index contributed by atoms with van der Waals surface area (Å²) in [5.41, 5.74) is 4.84. The fourth-order valence-electron chi connectivity index (χ4n) is 5.48. The van der Waals surface area contributed by atoms with Crippen LogP contribution in [-0.2, 0) is 19.5 Å². The van der Waals surface area contributed by atoms with Gasteiger partial charge >= 0.3 is 0 Å². The third kappa shape index (κ3) is 2.38. The zero-order chi connectivity index (χ0) is 20.4. The van der Waals surface area contributed by atoms with Gasteiger partial charge in [-0.3, -0.25) is 0 Å². The molecular weight excluding hydrogens is 356 g/mol. The van der Waals surface area contributed by atoms with E-state index in [-0.39, 0.29) is 0 Å². The van der Waals surface area contributed by atoms with Gasteiger partial charge in [0.05, 0.1) is 0 Å². The van der Waals surface area contributed by atoms with Gasteiger partial charge in [-0.1, -0.05) is 36.4 Å². The van der Waals surface area contributed by atoms with E-state index in [1.807, 2.05) is 0 Å². The molecular formula is C25H28N4. The largest absolute Gasteiger partial charge is 0.361 e. The van der Waals surface area contributed by atoms with E-state index in [2.05, 4.69) is 81.6 Å². The van der Waals surface area contributed by atoms with Crippen molar-refractivity contribution in [2.24, 2.45) is 0 Å². The Morgan fingerprint density at radius 3 is 1.62 bits per heavy atom. The number of hydrogen-bond donors (Lipinski definition) is 0. The molecule has 0 bridgehead atoms. The molecule has 0 amide bonds. The summed E-state index contributed by atoms with van der Waals surface area (Å²) in [4.78, 5) is 4.71. The lowest BCUT2D eigenvalue weighted by Gasteiger charge is -2.30. The van der Waals surface area contributed by atoms with Gasteiger partial charge in [-0.05, 0) is 25.0 Å². The molecule has 0 spiro atoms. The molecule has 4 heterocycles. The van der Waals surface area contributed by atoms with Crippen LogP contribution in [0.3, 0.4) is 0 Å². The van der Waals surface area contributed by atoms with Gasteiger partial charge < -0.3 is 18.9 Å². The predicted octanol–water partition coefficient (Wildman–Crippen LogP) is 4.87. The zero-order valence-corrected chi connectivity index (χ0v) is 17.2. The molecule has 2 aliphatic rings. The van der Waals surface area contributed by atoms with Crippen molar-refractivity contribution >= 4 is 33.4 Å². The summed E-state index contributed by atoms with van der Waals surface area (Å²) in [6, 6.07) is 17.3. The maximum absolute atomic E-state index is 9.63. The third-order valence-corrected chi connectivity index (χ3v) is 6.73. The number of rotatable bonds is 2. The predicted molar refractivity (Wildman–Crippen MR) is 122 cm³/mol. The zero-order valence-electron chi connectivity index (χ0n) is 18.2. The van der Waals surface area contributed by atoms with Crippen molar-refractivity contribution in [3.63, 3.8) is 0 Å². The van der Waals surface area contributed by atoms with Gasteiger partial charge in [-0.2, -0.15) is 0 Å². The Balaban J connectivity index is 1.67. The van der Waals surface area contributed by atoms with Crippen LogP contribution in [0.2, 0.25) is 0 Å². The molecule has 0 fully saturated rings. The average Bonchev–Trinajstić information content (AvgIpc) is 3.29. The van der Waals surface area contributed by atoms with E-state index in [0.717, 1.165) is 50.1 Å². The number of fused-ring (bicyclic) bond motifs is 6. The summed E-state index contributed by atoms with van der Waals surface area (Å²) in [6.45, 7) is 4.15. The van der Waals surface area contributed by atoms with Crippen LogP contribution in [-0.4, -0.2) is 36.3 Å². The minimum Gasteiger partial charge on any atom is -0.361 e. The highest BCUT2D eigenvalue weighted by atomic mass is 15.3. The van der Waals surface area contributed by atoms with E-state index < -0.39 is 6.40 Å². The smallest absolute Gasteiger partial charge is 0.112 e. The molecule has 0 radical (unpaired) electrons. The van der Waals surface area contributed by atoms with Crippen molar-refractivity contribution in [3.8, 4) is 0 Å². The van der Waals surface area contributed by atoms with E-state index >= 15 is 0 Å². The van der Waals surface area contributed by atoms with Gasteiger partial charge in [-0.15, -0.1) is 0 Å². The number of anilines is 2. The van der Waals surface area contributed by atoms with Gasteiger partial charge in [0.25, 0.3) is 0 Å². The van der Waals surface area contributed by atoms with Crippen LogP contribution in [0.25, 0.3) is 21.8 Å². The Hall–Kier alpha value is -2.88. The summed E-state index contributed by atoms with van der Waals surface area (Å²) in [7, 11) is 4.36. The molecule has 148 valence electrons. The maximum Gasteiger partial charge on any atom is 0.112 e. The van der Waals surface area contributed by atoms with Crippen LogP contribution >= 0.6 is 0 Å². The van der Waals surface area contributed by atoms with E-state index in [0.29, 0.717) is 0 Å². The van der Waals surface area contributed by atoms with Gasteiger partial charge in [0, 0.05) is 81.0 Å². The first-order valence-corrected chi connectivity index (χ1v) is 10.7. The van der Waals surface area contributed by atoms with Crippen LogP contribution in [0.4, 0.5) is 11.6 Å². The lowest BCUT2D eigenvalue weighted by molar-refractivity contribution is 0.594. The van der Waals surface area contributed by atoms with Crippen LogP contribution in [0.15, 0.2) is 48.5 Å². The highest BCUT2D eigenvalue weighted by Gasteiger charge is 2.27. The second-order valence-electron chi connectivity index (χ2n) is 8.51. The molecule has 0 saturated heterocycles. The number of nitrogens with zero attached hydrogens (tertiary/aromatic N) is 4. The normalized spacial score (nSPS) is 17.1. The lowest BCUT2D eigenvalue weighted by atomic mass is 10.0. The standard InChI is InChI=1S/C25H28N4/c1-26-13-7-15-28-22-11-5-3-9-18(22)20(24(26)28)17-21-19-10-4-6-12-23(19)29-16-8-14-27(2)25(21)29/h3-6,9-12H,7-8,13-17H2,1-2H3/i17D.